The molecule has 1 N–H and O–H groups in total. The zero-order valence-corrected chi connectivity index (χ0v) is 15.8. The molecule has 0 saturated carbocycles. The van der Waals surface area contributed by atoms with Gasteiger partial charge in [-0.3, -0.25) is 0 Å². The molecule has 4 rings (SSSR count). The van der Waals surface area contributed by atoms with Crippen LogP contribution in [-0.4, -0.2) is 13.2 Å². The highest BCUT2D eigenvalue weighted by Gasteiger charge is 2.09. The lowest BCUT2D eigenvalue weighted by molar-refractivity contribution is 0.308. The third kappa shape index (κ3) is 4.63. The van der Waals surface area contributed by atoms with Crippen LogP contribution in [0.4, 0.5) is 8.78 Å². The quantitative estimate of drug-likeness (QED) is 0.376. The molecule has 0 saturated heterocycles. The van der Waals surface area contributed by atoms with Crippen molar-refractivity contribution in [3.8, 4) is 17.1 Å². The van der Waals surface area contributed by atoms with Crippen molar-refractivity contribution >= 4 is 10.8 Å². The minimum absolute atomic E-state index is 0.189. The standard InChI is InChI=1S/C24H21F2NO2/c25-20-8-11-22-19(14-20)16-29-24(22)17-6-9-21(10-7-17)28-13-3-12-27-15-18-4-1-2-5-23(18)26/h1-2,4-11,14,16,27H,3,12-13,15H2. The summed E-state index contributed by atoms with van der Waals surface area (Å²) >= 11 is 0. The Kier molecular flexibility index (Phi) is 5.86. The molecule has 3 nitrogen and oxygen atoms in total. The van der Waals surface area contributed by atoms with E-state index in [1.54, 1.807) is 24.5 Å². The second kappa shape index (κ2) is 8.88. The maximum atomic E-state index is 13.5. The van der Waals surface area contributed by atoms with E-state index in [-0.39, 0.29) is 11.6 Å². The molecule has 0 amide bonds. The fourth-order valence-corrected chi connectivity index (χ4v) is 3.20. The first-order valence-electron chi connectivity index (χ1n) is 9.55. The molecule has 3 aromatic carbocycles. The van der Waals surface area contributed by atoms with Gasteiger partial charge in [-0.25, -0.2) is 8.78 Å². The zero-order chi connectivity index (χ0) is 20.1. The number of benzene rings is 3. The van der Waals surface area contributed by atoms with Crippen molar-refractivity contribution in [3.05, 3.63) is 90.2 Å². The van der Waals surface area contributed by atoms with Crippen LogP contribution in [0, 0.1) is 11.6 Å². The summed E-state index contributed by atoms with van der Waals surface area (Å²) in [5.74, 6) is 1.01. The van der Waals surface area contributed by atoms with E-state index in [1.165, 1.54) is 18.2 Å². The average molecular weight is 393 g/mol. The Morgan fingerprint density at radius 1 is 0.931 bits per heavy atom. The summed E-state index contributed by atoms with van der Waals surface area (Å²) in [5.41, 5.74) is 1.57. The number of halogens is 2. The van der Waals surface area contributed by atoms with Gasteiger partial charge in [0.1, 0.15) is 23.1 Å². The van der Waals surface area contributed by atoms with Crippen LogP contribution in [0.5, 0.6) is 5.75 Å². The van der Waals surface area contributed by atoms with Gasteiger partial charge >= 0.3 is 0 Å². The van der Waals surface area contributed by atoms with E-state index in [9.17, 15) is 8.78 Å². The molecule has 0 spiro atoms. The third-order valence-corrected chi connectivity index (χ3v) is 4.72. The van der Waals surface area contributed by atoms with Crippen LogP contribution in [0.15, 0.2) is 77.4 Å². The van der Waals surface area contributed by atoms with E-state index in [2.05, 4.69) is 5.32 Å². The van der Waals surface area contributed by atoms with Gasteiger partial charge in [-0.05, 0) is 61.5 Å². The highest BCUT2D eigenvalue weighted by Crippen LogP contribution is 2.31. The van der Waals surface area contributed by atoms with Gasteiger partial charge in [-0.2, -0.15) is 0 Å². The lowest BCUT2D eigenvalue weighted by Crippen LogP contribution is -2.17. The van der Waals surface area contributed by atoms with Crippen LogP contribution >= 0.6 is 0 Å². The van der Waals surface area contributed by atoms with E-state index in [0.717, 1.165) is 35.1 Å². The molecule has 0 atom stereocenters. The Morgan fingerprint density at radius 3 is 2.59 bits per heavy atom. The first-order valence-corrected chi connectivity index (χ1v) is 9.55. The van der Waals surface area contributed by atoms with Crippen molar-refractivity contribution in [2.75, 3.05) is 13.2 Å². The molecule has 4 aromatic rings. The monoisotopic (exact) mass is 393 g/mol. The molecule has 0 radical (unpaired) electrons. The number of hydrogen-bond acceptors (Lipinski definition) is 3. The molecular weight excluding hydrogens is 372 g/mol. The molecule has 0 fully saturated rings. The first kappa shape index (κ1) is 19.2. The summed E-state index contributed by atoms with van der Waals surface area (Å²) in [7, 11) is 0. The molecule has 148 valence electrons. The summed E-state index contributed by atoms with van der Waals surface area (Å²) < 4.78 is 38.2. The van der Waals surface area contributed by atoms with E-state index >= 15 is 0 Å². The normalized spacial score (nSPS) is 11.1. The number of furan rings is 1. The maximum absolute atomic E-state index is 13.5. The molecule has 0 aliphatic rings. The van der Waals surface area contributed by atoms with Gasteiger partial charge in [-0.1, -0.05) is 18.2 Å². The van der Waals surface area contributed by atoms with Crippen molar-refractivity contribution in [3.63, 3.8) is 0 Å². The highest BCUT2D eigenvalue weighted by molar-refractivity contribution is 5.94. The van der Waals surface area contributed by atoms with Gasteiger partial charge < -0.3 is 14.5 Å². The van der Waals surface area contributed by atoms with Crippen LogP contribution < -0.4 is 10.1 Å². The average Bonchev–Trinajstić information content (AvgIpc) is 3.15. The molecule has 0 unspecified atom stereocenters. The van der Waals surface area contributed by atoms with Crippen molar-refractivity contribution in [1.82, 2.24) is 5.32 Å². The van der Waals surface area contributed by atoms with Crippen molar-refractivity contribution in [1.29, 1.82) is 0 Å². The van der Waals surface area contributed by atoms with Crippen molar-refractivity contribution < 1.29 is 17.9 Å². The summed E-state index contributed by atoms with van der Waals surface area (Å²) in [5, 5.41) is 4.83. The minimum Gasteiger partial charge on any atom is -0.494 e. The number of nitrogens with one attached hydrogen (secondary N) is 1. The Bertz CT molecular complexity index is 1090. The SMILES string of the molecule is Fc1ccc2c(-c3ccc(OCCCNCc4ccccc4F)cc3)occ2c1. The number of ether oxygens (including phenoxy) is 1. The third-order valence-electron chi connectivity index (χ3n) is 4.72. The second-order valence-corrected chi connectivity index (χ2v) is 6.79. The topological polar surface area (TPSA) is 34.4 Å². The summed E-state index contributed by atoms with van der Waals surface area (Å²) in [6.07, 6.45) is 2.37. The van der Waals surface area contributed by atoms with Crippen molar-refractivity contribution in [2.24, 2.45) is 0 Å². The predicted octanol–water partition coefficient (Wildman–Crippen LogP) is 5.94. The van der Waals surface area contributed by atoms with E-state index in [1.807, 2.05) is 30.3 Å². The molecule has 1 heterocycles. The largest absolute Gasteiger partial charge is 0.494 e. The van der Waals surface area contributed by atoms with Gasteiger partial charge in [0.2, 0.25) is 0 Å². The fraction of sp³-hybridized carbons (Fsp3) is 0.167. The molecule has 1 aromatic heterocycles. The molecule has 5 heteroatoms. The van der Waals surface area contributed by atoms with Crippen LogP contribution in [0.2, 0.25) is 0 Å². The summed E-state index contributed by atoms with van der Waals surface area (Å²) in [4.78, 5) is 0. The zero-order valence-electron chi connectivity index (χ0n) is 15.8. The van der Waals surface area contributed by atoms with Gasteiger partial charge in [0, 0.05) is 28.4 Å². The fourth-order valence-electron chi connectivity index (χ4n) is 3.20. The molecule has 0 aliphatic heterocycles. The molecule has 29 heavy (non-hydrogen) atoms. The molecule has 0 aliphatic carbocycles. The Morgan fingerprint density at radius 2 is 1.76 bits per heavy atom. The lowest BCUT2D eigenvalue weighted by Gasteiger charge is -2.08. The number of rotatable bonds is 8. The maximum Gasteiger partial charge on any atom is 0.141 e. The first-order chi connectivity index (χ1) is 14.2. The molecular formula is C24H21F2NO2. The van der Waals surface area contributed by atoms with Gasteiger partial charge in [0.25, 0.3) is 0 Å². The van der Waals surface area contributed by atoms with Crippen LogP contribution in [-0.2, 0) is 6.54 Å². The van der Waals surface area contributed by atoms with Gasteiger partial charge in [0.15, 0.2) is 0 Å². The van der Waals surface area contributed by atoms with Crippen LogP contribution in [0.1, 0.15) is 12.0 Å². The number of hydrogen-bond donors (Lipinski definition) is 1. The predicted molar refractivity (Wildman–Crippen MR) is 110 cm³/mol. The smallest absolute Gasteiger partial charge is 0.141 e. The Balaban J connectivity index is 1.26. The van der Waals surface area contributed by atoms with E-state index < -0.39 is 0 Å². The highest BCUT2D eigenvalue weighted by atomic mass is 19.1. The van der Waals surface area contributed by atoms with Crippen LogP contribution in [0.25, 0.3) is 22.1 Å². The Labute approximate surface area is 167 Å². The van der Waals surface area contributed by atoms with Crippen molar-refractivity contribution in [2.45, 2.75) is 13.0 Å². The summed E-state index contributed by atoms with van der Waals surface area (Å²) in [6.45, 7) is 1.80. The van der Waals surface area contributed by atoms with Gasteiger partial charge in [0.05, 0.1) is 12.9 Å². The Hall–Kier alpha value is -3.18. The van der Waals surface area contributed by atoms with Gasteiger partial charge in [-0.15, -0.1) is 0 Å². The lowest BCUT2D eigenvalue weighted by atomic mass is 10.1. The summed E-state index contributed by atoms with van der Waals surface area (Å²) in [6, 6.07) is 19.0. The molecule has 0 bridgehead atoms. The second-order valence-electron chi connectivity index (χ2n) is 6.79. The minimum atomic E-state index is -0.281. The van der Waals surface area contributed by atoms with E-state index in [0.29, 0.717) is 24.5 Å². The van der Waals surface area contributed by atoms with Crippen LogP contribution in [0.3, 0.4) is 0 Å². The van der Waals surface area contributed by atoms with E-state index in [4.69, 9.17) is 9.15 Å². The number of fused-ring (bicyclic) bond motifs is 1.